The first-order valence-electron chi connectivity index (χ1n) is 5.46. The third-order valence-corrected chi connectivity index (χ3v) is 2.53. The van der Waals surface area contributed by atoms with E-state index in [1.54, 1.807) is 0 Å². The van der Waals surface area contributed by atoms with Gasteiger partial charge >= 0.3 is 0 Å². The number of rotatable bonds is 5. The number of likely N-dealkylation sites (tertiary alicyclic amines) is 1. The maximum absolute atomic E-state index is 9.61. The van der Waals surface area contributed by atoms with Gasteiger partial charge in [0.15, 0.2) is 0 Å². The molecule has 1 aliphatic rings. The van der Waals surface area contributed by atoms with Crippen LogP contribution < -0.4 is 5.73 Å². The zero-order valence-corrected chi connectivity index (χ0v) is 8.98. The van der Waals surface area contributed by atoms with E-state index in [1.807, 2.05) is 6.92 Å². The molecule has 0 amide bonds. The molecule has 0 aromatic rings. The number of hydrogen-bond donors (Lipinski definition) is 2. The highest BCUT2D eigenvalue weighted by molar-refractivity contribution is 4.76. The number of aliphatic hydroxyl groups is 1. The third-order valence-electron chi connectivity index (χ3n) is 2.53. The molecule has 0 aromatic carbocycles. The molecule has 4 nitrogen and oxygen atoms in total. The second kappa shape index (κ2) is 6.35. The lowest BCUT2D eigenvalue weighted by Crippen LogP contribution is -2.46. The molecule has 1 aliphatic heterocycles. The van der Waals surface area contributed by atoms with E-state index in [9.17, 15) is 5.11 Å². The van der Waals surface area contributed by atoms with E-state index >= 15 is 0 Å². The Morgan fingerprint density at radius 3 is 3.07 bits per heavy atom. The number of nitrogens with zero attached hydrogens (tertiary/aromatic N) is 1. The Morgan fingerprint density at radius 2 is 2.43 bits per heavy atom. The lowest BCUT2D eigenvalue weighted by molar-refractivity contribution is 0.0164. The van der Waals surface area contributed by atoms with Crippen LogP contribution in [0.5, 0.6) is 0 Å². The average Bonchev–Trinajstić information content (AvgIpc) is 2.15. The first-order valence-corrected chi connectivity index (χ1v) is 5.46. The Hall–Kier alpha value is -0.160. The fraction of sp³-hybridized carbons (Fsp3) is 1.00. The number of aliphatic hydroxyl groups excluding tert-OH is 1. The summed E-state index contributed by atoms with van der Waals surface area (Å²) in [5.74, 6) is 0. The van der Waals surface area contributed by atoms with Crippen LogP contribution in [0.15, 0.2) is 0 Å². The Morgan fingerprint density at radius 1 is 1.64 bits per heavy atom. The van der Waals surface area contributed by atoms with Gasteiger partial charge in [-0.15, -0.1) is 0 Å². The van der Waals surface area contributed by atoms with Gasteiger partial charge in [-0.25, -0.2) is 0 Å². The molecule has 2 atom stereocenters. The largest absolute Gasteiger partial charge is 0.389 e. The quantitative estimate of drug-likeness (QED) is 0.648. The molecule has 84 valence electrons. The van der Waals surface area contributed by atoms with E-state index in [-0.39, 0.29) is 12.1 Å². The van der Waals surface area contributed by atoms with Gasteiger partial charge in [-0.05, 0) is 26.3 Å². The molecule has 0 saturated carbocycles. The van der Waals surface area contributed by atoms with Crippen molar-refractivity contribution in [3.8, 4) is 0 Å². The van der Waals surface area contributed by atoms with Gasteiger partial charge in [0.25, 0.3) is 0 Å². The van der Waals surface area contributed by atoms with Crippen molar-refractivity contribution in [3.63, 3.8) is 0 Å². The monoisotopic (exact) mass is 202 g/mol. The minimum Gasteiger partial charge on any atom is -0.389 e. The summed E-state index contributed by atoms with van der Waals surface area (Å²) in [6.07, 6.45) is 1.88. The van der Waals surface area contributed by atoms with Crippen molar-refractivity contribution in [1.82, 2.24) is 4.90 Å². The zero-order valence-electron chi connectivity index (χ0n) is 8.98. The highest BCUT2D eigenvalue weighted by Gasteiger charge is 2.18. The van der Waals surface area contributed by atoms with E-state index in [1.165, 1.54) is 0 Å². The lowest BCUT2D eigenvalue weighted by Gasteiger charge is -2.31. The molecule has 0 radical (unpaired) electrons. The molecule has 0 bridgehead atoms. The molecule has 0 spiro atoms. The van der Waals surface area contributed by atoms with E-state index in [4.69, 9.17) is 10.5 Å². The molecular weight excluding hydrogens is 180 g/mol. The molecule has 2 unspecified atom stereocenters. The van der Waals surface area contributed by atoms with Crippen molar-refractivity contribution in [2.45, 2.75) is 31.9 Å². The van der Waals surface area contributed by atoms with E-state index < -0.39 is 0 Å². The van der Waals surface area contributed by atoms with Gasteiger partial charge in [0.1, 0.15) is 0 Å². The zero-order chi connectivity index (χ0) is 10.4. The van der Waals surface area contributed by atoms with Crippen molar-refractivity contribution < 1.29 is 9.84 Å². The smallest absolute Gasteiger partial charge is 0.0900 e. The second-order valence-electron chi connectivity index (χ2n) is 3.98. The molecule has 0 aromatic heterocycles. The van der Waals surface area contributed by atoms with Crippen molar-refractivity contribution in [1.29, 1.82) is 0 Å². The maximum Gasteiger partial charge on any atom is 0.0900 e. The predicted octanol–water partition coefficient (Wildman–Crippen LogP) is -0.193. The van der Waals surface area contributed by atoms with Crippen molar-refractivity contribution >= 4 is 0 Å². The highest BCUT2D eigenvalue weighted by atomic mass is 16.5. The molecular formula is C10H22N2O2. The molecule has 0 aliphatic carbocycles. The van der Waals surface area contributed by atoms with E-state index in [0.717, 1.165) is 25.9 Å². The first kappa shape index (κ1) is 11.9. The number of nitrogens with two attached hydrogens (primary N) is 1. The van der Waals surface area contributed by atoms with Crippen LogP contribution in [0.2, 0.25) is 0 Å². The highest BCUT2D eigenvalue weighted by Crippen LogP contribution is 2.08. The molecule has 1 fully saturated rings. The Bertz CT molecular complexity index is 155. The van der Waals surface area contributed by atoms with Gasteiger partial charge in [-0.3, -0.25) is 4.90 Å². The van der Waals surface area contributed by atoms with Crippen molar-refractivity contribution in [3.05, 3.63) is 0 Å². The summed E-state index contributed by atoms with van der Waals surface area (Å²) in [5, 5.41) is 9.61. The van der Waals surface area contributed by atoms with Crippen LogP contribution in [-0.4, -0.2) is 55.0 Å². The summed E-state index contributed by atoms with van der Waals surface area (Å²) in [6.45, 7) is 5.68. The van der Waals surface area contributed by atoms with E-state index in [0.29, 0.717) is 19.8 Å². The van der Waals surface area contributed by atoms with Crippen LogP contribution in [0, 0.1) is 0 Å². The van der Waals surface area contributed by atoms with E-state index in [2.05, 4.69) is 4.90 Å². The SMILES string of the molecule is CCOCC(O)CN1CCCC(N)C1. The molecule has 1 rings (SSSR count). The molecule has 3 N–H and O–H groups in total. The van der Waals surface area contributed by atoms with Crippen LogP contribution >= 0.6 is 0 Å². The summed E-state index contributed by atoms with van der Waals surface area (Å²) >= 11 is 0. The number of piperidine rings is 1. The van der Waals surface area contributed by atoms with Crippen molar-refractivity contribution in [2.75, 3.05) is 32.8 Å². The van der Waals surface area contributed by atoms with Crippen molar-refractivity contribution in [2.24, 2.45) is 5.73 Å². The van der Waals surface area contributed by atoms with Crippen LogP contribution in [-0.2, 0) is 4.74 Å². The van der Waals surface area contributed by atoms with Gasteiger partial charge in [-0.2, -0.15) is 0 Å². The Labute approximate surface area is 86.0 Å². The summed E-state index contributed by atoms with van der Waals surface area (Å²) in [6, 6.07) is 0.281. The summed E-state index contributed by atoms with van der Waals surface area (Å²) in [4.78, 5) is 2.22. The molecule has 1 saturated heterocycles. The first-order chi connectivity index (χ1) is 6.72. The van der Waals surface area contributed by atoms with Crippen LogP contribution in [0.25, 0.3) is 0 Å². The minimum absolute atomic E-state index is 0.281. The van der Waals surface area contributed by atoms with Gasteiger partial charge in [0.2, 0.25) is 0 Å². The summed E-state index contributed by atoms with van der Waals surface area (Å²) in [7, 11) is 0. The van der Waals surface area contributed by atoms with Crippen LogP contribution in [0.3, 0.4) is 0 Å². The Kier molecular flexibility index (Phi) is 5.40. The summed E-state index contributed by atoms with van der Waals surface area (Å²) in [5.41, 5.74) is 5.85. The normalized spacial score (nSPS) is 26.4. The Balaban J connectivity index is 2.15. The maximum atomic E-state index is 9.61. The molecule has 4 heteroatoms. The number of hydrogen-bond acceptors (Lipinski definition) is 4. The summed E-state index contributed by atoms with van der Waals surface area (Å²) < 4.78 is 5.16. The average molecular weight is 202 g/mol. The van der Waals surface area contributed by atoms with Gasteiger partial charge in [-0.1, -0.05) is 0 Å². The standard InChI is InChI=1S/C10H22N2O2/c1-2-14-8-10(13)7-12-5-3-4-9(11)6-12/h9-10,13H,2-8,11H2,1H3. The minimum atomic E-state index is -0.375. The fourth-order valence-corrected chi connectivity index (χ4v) is 1.86. The number of ether oxygens (including phenoxy) is 1. The number of β-amino-alcohol motifs (C(OH)–C–C–N with tert-alkyl or cyclic N) is 1. The van der Waals surface area contributed by atoms with Gasteiger partial charge < -0.3 is 15.6 Å². The van der Waals surface area contributed by atoms with Gasteiger partial charge in [0, 0.05) is 25.7 Å². The fourth-order valence-electron chi connectivity index (χ4n) is 1.86. The lowest BCUT2D eigenvalue weighted by atomic mass is 10.1. The van der Waals surface area contributed by atoms with Gasteiger partial charge in [0.05, 0.1) is 12.7 Å². The molecule has 1 heterocycles. The van der Waals surface area contributed by atoms with Crippen LogP contribution in [0.1, 0.15) is 19.8 Å². The second-order valence-corrected chi connectivity index (χ2v) is 3.98. The predicted molar refractivity (Wildman–Crippen MR) is 56.1 cm³/mol. The van der Waals surface area contributed by atoms with Crippen LogP contribution in [0.4, 0.5) is 0 Å². The molecule has 14 heavy (non-hydrogen) atoms. The topological polar surface area (TPSA) is 58.7 Å². The third kappa shape index (κ3) is 4.37.